The second kappa shape index (κ2) is 6.58. The lowest BCUT2D eigenvalue weighted by molar-refractivity contribution is -0.141. The summed E-state index contributed by atoms with van der Waals surface area (Å²) in [4.78, 5) is 21.7. The van der Waals surface area contributed by atoms with E-state index >= 15 is 0 Å². The third kappa shape index (κ3) is 7.73. The van der Waals surface area contributed by atoms with Gasteiger partial charge < -0.3 is 10.4 Å². The number of carboxylic acids is 1. The summed E-state index contributed by atoms with van der Waals surface area (Å²) in [6, 6.07) is -1.00. The highest BCUT2D eigenvalue weighted by molar-refractivity contribution is 7.91. The third-order valence-electron chi connectivity index (χ3n) is 1.98. The summed E-state index contributed by atoms with van der Waals surface area (Å²) >= 11 is 0. The predicted molar refractivity (Wildman–Crippen MR) is 63.3 cm³/mol. The number of sulfone groups is 1. The highest BCUT2D eigenvalue weighted by Gasteiger charge is 2.18. The smallest absolute Gasteiger partial charge is 0.325 e. The zero-order chi connectivity index (χ0) is 13.6. The van der Waals surface area contributed by atoms with Crippen LogP contribution >= 0.6 is 0 Å². The highest BCUT2D eigenvalue weighted by Crippen LogP contribution is 2.02. The average Bonchev–Trinajstić information content (AvgIpc) is 2.12. The van der Waals surface area contributed by atoms with E-state index in [0.717, 1.165) is 0 Å². The molecule has 0 aromatic carbocycles. The number of amides is 1. The molecule has 0 aliphatic carbocycles. The fourth-order valence-corrected chi connectivity index (χ4v) is 2.89. The van der Waals surface area contributed by atoms with Crippen LogP contribution in [0.2, 0.25) is 0 Å². The van der Waals surface area contributed by atoms with E-state index in [1.165, 1.54) is 6.92 Å². The van der Waals surface area contributed by atoms with E-state index in [1.807, 2.05) is 0 Å². The molecule has 7 heteroatoms. The molecule has 6 nitrogen and oxygen atoms in total. The van der Waals surface area contributed by atoms with Crippen LogP contribution in [0, 0.1) is 5.92 Å². The molecular formula is C10H19NO5S. The van der Waals surface area contributed by atoms with Crippen LogP contribution < -0.4 is 5.32 Å². The van der Waals surface area contributed by atoms with E-state index < -0.39 is 27.8 Å². The maximum absolute atomic E-state index is 11.5. The molecule has 1 atom stereocenters. The number of hydrogen-bond acceptors (Lipinski definition) is 4. The minimum absolute atomic E-state index is 0.0148. The number of nitrogens with one attached hydrogen (secondary N) is 1. The monoisotopic (exact) mass is 265 g/mol. The van der Waals surface area contributed by atoms with E-state index in [1.54, 1.807) is 13.8 Å². The molecule has 0 aromatic heterocycles. The standard InChI is InChI=1S/C10H19NO5S/c1-7(2)6-17(15,16)5-4-9(12)11-8(3)10(13)14/h7-8H,4-6H2,1-3H3,(H,11,12)(H,13,14)/t8-/m0/s1. The van der Waals surface area contributed by atoms with Crippen molar-refractivity contribution >= 4 is 21.7 Å². The number of carbonyl (C=O) groups is 2. The molecule has 0 heterocycles. The van der Waals surface area contributed by atoms with E-state index in [2.05, 4.69) is 5.32 Å². The summed E-state index contributed by atoms with van der Waals surface area (Å²) in [6.45, 7) is 4.89. The first-order valence-corrected chi connectivity index (χ1v) is 7.19. The van der Waals surface area contributed by atoms with Gasteiger partial charge in [0.05, 0.1) is 11.5 Å². The molecular weight excluding hydrogens is 246 g/mol. The van der Waals surface area contributed by atoms with Crippen LogP contribution in [0.1, 0.15) is 27.2 Å². The van der Waals surface area contributed by atoms with Gasteiger partial charge >= 0.3 is 5.97 Å². The molecule has 0 saturated carbocycles. The van der Waals surface area contributed by atoms with Crippen LogP contribution in [-0.4, -0.2) is 42.9 Å². The van der Waals surface area contributed by atoms with Crippen molar-refractivity contribution in [1.82, 2.24) is 5.32 Å². The second-order valence-electron chi connectivity index (χ2n) is 4.39. The van der Waals surface area contributed by atoms with Gasteiger partial charge in [0.15, 0.2) is 9.84 Å². The van der Waals surface area contributed by atoms with Crippen LogP contribution in [0.5, 0.6) is 0 Å². The summed E-state index contributed by atoms with van der Waals surface area (Å²) < 4.78 is 22.9. The molecule has 0 radical (unpaired) electrons. The number of carbonyl (C=O) groups excluding carboxylic acids is 1. The number of carboxylic acid groups (broad SMARTS) is 1. The maximum atomic E-state index is 11.5. The number of hydrogen-bond donors (Lipinski definition) is 2. The van der Waals surface area contributed by atoms with Gasteiger partial charge in [0, 0.05) is 6.42 Å². The van der Waals surface area contributed by atoms with Gasteiger partial charge in [-0.2, -0.15) is 0 Å². The van der Waals surface area contributed by atoms with Gasteiger partial charge in [0.1, 0.15) is 6.04 Å². The summed E-state index contributed by atoms with van der Waals surface area (Å²) in [5.41, 5.74) is 0. The van der Waals surface area contributed by atoms with Gasteiger partial charge in [-0.25, -0.2) is 8.42 Å². The van der Waals surface area contributed by atoms with Crippen LogP contribution in [0.3, 0.4) is 0 Å². The Balaban J connectivity index is 4.12. The number of rotatable bonds is 7. The molecule has 0 spiro atoms. The molecule has 2 N–H and O–H groups in total. The van der Waals surface area contributed by atoms with Gasteiger partial charge in [-0.3, -0.25) is 9.59 Å². The lowest BCUT2D eigenvalue weighted by Crippen LogP contribution is -2.39. The van der Waals surface area contributed by atoms with Gasteiger partial charge in [-0.15, -0.1) is 0 Å². The lowest BCUT2D eigenvalue weighted by atomic mass is 10.3. The topological polar surface area (TPSA) is 101 Å². The Labute approximate surface area is 101 Å². The Bertz CT molecular complexity index is 374. The molecule has 0 aliphatic rings. The molecule has 0 rings (SSSR count). The van der Waals surface area contributed by atoms with Crippen LogP contribution in [0.15, 0.2) is 0 Å². The van der Waals surface area contributed by atoms with Crippen LogP contribution in [0.4, 0.5) is 0 Å². The van der Waals surface area contributed by atoms with E-state index in [4.69, 9.17) is 5.11 Å². The Morgan fingerprint density at radius 1 is 1.24 bits per heavy atom. The van der Waals surface area contributed by atoms with Crippen molar-refractivity contribution in [2.24, 2.45) is 5.92 Å². The molecule has 0 fully saturated rings. The molecule has 17 heavy (non-hydrogen) atoms. The average molecular weight is 265 g/mol. The third-order valence-corrected chi connectivity index (χ3v) is 3.98. The van der Waals surface area contributed by atoms with Gasteiger partial charge in [0.2, 0.25) is 5.91 Å². The fraction of sp³-hybridized carbons (Fsp3) is 0.800. The van der Waals surface area contributed by atoms with Gasteiger partial charge in [-0.1, -0.05) is 13.8 Å². The zero-order valence-corrected chi connectivity index (χ0v) is 11.1. The van der Waals surface area contributed by atoms with Crippen molar-refractivity contribution in [3.63, 3.8) is 0 Å². The minimum atomic E-state index is -3.24. The highest BCUT2D eigenvalue weighted by atomic mass is 32.2. The first kappa shape index (κ1) is 15.9. The number of aliphatic carboxylic acids is 1. The Kier molecular flexibility index (Phi) is 6.15. The molecule has 1 amide bonds. The molecule has 0 unspecified atom stereocenters. The fourth-order valence-electron chi connectivity index (χ4n) is 1.21. The van der Waals surface area contributed by atoms with Gasteiger partial charge in [0.25, 0.3) is 0 Å². The second-order valence-corrected chi connectivity index (χ2v) is 6.61. The van der Waals surface area contributed by atoms with E-state index in [9.17, 15) is 18.0 Å². The largest absolute Gasteiger partial charge is 0.480 e. The SMILES string of the molecule is CC(C)CS(=O)(=O)CCC(=O)N[C@@H](C)C(=O)O. The lowest BCUT2D eigenvalue weighted by Gasteiger charge is -2.10. The quantitative estimate of drug-likeness (QED) is 0.676. The summed E-state index contributed by atoms with van der Waals surface area (Å²) in [7, 11) is -3.24. The molecule has 0 saturated heterocycles. The van der Waals surface area contributed by atoms with Crippen molar-refractivity contribution in [3.05, 3.63) is 0 Å². The predicted octanol–water partition coefficient (Wildman–Crippen LogP) is 0.0366. The van der Waals surface area contributed by atoms with Gasteiger partial charge in [-0.05, 0) is 12.8 Å². The Hall–Kier alpha value is -1.11. The van der Waals surface area contributed by atoms with Crippen molar-refractivity contribution in [3.8, 4) is 0 Å². The minimum Gasteiger partial charge on any atom is -0.480 e. The molecule has 100 valence electrons. The van der Waals surface area contributed by atoms with E-state index in [-0.39, 0.29) is 23.8 Å². The summed E-state index contributed by atoms with van der Waals surface area (Å²) in [5.74, 6) is -1.91. The van der Waals surface area contributed by atoms with E-state index in [0.29, 0.717) is 0 Å². The Morgan fingerprint density at radius 2 is 1.76 bits per heavy atom. The van der Waals surface area contributed by atoms with Crippen LogP contribution in [0.25, 0.3) is 0 Å². The van der Waals surface area contributed by atoms with Crippen molar-refractivity contribution in [2.45, 2.75) is 33.2 Å². The first-order chi connectivity index (χ1) is 7.64. The van der Waals surface area contributed by atoms with Crippen molar-refractivity contribution < 1.29 is 23.1 Å². The molecule has 0 aromatic rings. The molecule has 0 bridgehead atoms. The van der Waals surface area contributed by atoms with Crippen LogP contribution in [-0.2, 0) is 19.4 Å². The molecule has 0 aliphatic heterocycles. The Morgan fingerprint density at radius 3 is 2.18 bits per heavy atom. The summed E-state index contributed by atoms with van der Waals surface area (Å²) in [6.07, 6.45) is -0.202. The summed E-state index contributed by atoms with van der Waals surface area (Å²) in [5, 5.41) is 10.7. The van der Waals surface area contributed by atoms with Crippen molar-refractivity contribution in [1.29, 1.82) is 0 Å². The van der Waals surface area contributed by atoms with Crippen molar-refractivity contribution in [2.75, 3.05) is 11.5 Å². The first-order valence-electron chi connectivity index (χ1n) is 5.36. The zero-order valence-electron chi connectivity index (χ0n) is 10.3. The maximum Gasteiger partial charge on any atom is 0.325 e. The normalized spacial score (nSPS) is 13.4.